The van der Waals surface area contributed by atoms with E-state index in [0.29, 0.717) is 11.2 Å². The van der Waals surface area contributed by atoms with Crippen molar-refractivity contribution in [2.75, 3.05) is 14.2 Å². The van der Waals surface area contributed by atoms with Crippen molar-refractivity contribution in [1.29, 1.82) is 0 Å². The maximum Gasteiger partial charge on any atom is 0.144 e. The summed E-state index contributed by atoms with van der Waals surface area (Å²) in [5, 5.41) is 0. The summed E-state index contributed by atoms with van der Waals surface area (Å²) in [7, 11) is 3.37. The van der Waals surface area contributed by atoms with Crippen molar-refractivity contribution in [2.24, 2.45) is 0 Å². The minimum absolute atomic E-state index is 0.281. The molecule has 0 amide bonds. The van der Waals surface area contributed by atoms with Crippen molar-refractivity contribution in [3.63, 3.8) is 0 Å². The van der Waals surface area contributed by atoms with Gasteiger partial charge in [-0.15, -0.1) is 0 Å². The summed E-state index contributed by atoms with van der Waals surface area (Å²) in [6, 6.07) is 0. The molecule has 4 nitrogen and oxygen atoms in total. The molecule has 17 heavy (non-hydrogen) atoms. The Morgan fingerprint density at radius 1 is 1.47 bits per heavy atom. The normalized spacial score (nSPS) is 17.8. The number of nitrogens with one attached hydrogen (secondary N) is 1. The third-order valence-corrected chi connectivity index (χ3v) is 4.62. The van der Waals surface area contributed by atoms with Gasteiger partial charge in [-0.25, -0.2) is 4.98 Å². The first-order valence-corrected chi connectivity index (χ1v) is 6.66. The zero-order valence-electron chi connectivity index (χ0n) is 9.88. The first-order chi connectivity index (χ1) is 8.13. The fourth-order valence-corrected chi connectivity index (χ4v) is 2.52. The molecular weight excluding hydrogens is 304 g/mol. The lowest BCUT2D eigenvalue weighted by Gasteiger charge is -2.39. The van der Waals surface area contributed by atoms with Crippen LogP contribution in [0.2, 0.25) is 0 Å². The second-order valence-electron chi connectivity index (χ2n) is 4.17. The molecule has 1 heterocycles. The molecular formula is C11H15BrN2O2S. The van der Waals surface area contributed by atoms with Crippen LogP contribution in [-0.2, 0) is 21.7 Å². The molecule has 0 saturated heterocycles. The van der Waals surface area contributed by atoms with Crippen LogP contribution in [0.3, 0.4) is 0 Å². The van der Waals surface area contributed by atoms with E-state index < -0.39 is 0 Å². The van der Waals surface area contributed by atoms with Crippen LogP contribution in [-0.4, -0.2) is 24.2 Å². The number of rotatable bonds is 4. The van der Waals surface area contributed by atoms with Gasteiger partial charge in [0.2, 0.25) is 0 Å². The minimum atomic E-state index is -0.281. The van der Waals surface area contributed by atoms with E-state index in [2.05, 4.69) is 25.9 Å². The predicted molar refractivity (Wildman–Crippen MR) is 70.4 cm³/mol. The van der Waals surface area contributed by atoms with Gasteiger partial charge in [-0.1, -0.05) is 12.2 Å². The molecule has 0 spiro atoms. The van der Waals surface area contributed by atoms with Crippen molar-refractivity contribution in [3.05, 3.63) is 20.6 Å². The van der Waals surface area contributed by atoms with Gasteiger partial charge in [0.25, 0.3) is 0 Å². The molecule has 1 aliphatic carbocycles. The van der Waals surface area contributed by atoms with E-state index in [9.17, 15) is 0 Å². The smallest absolute Gasteiger partial charge is 0.144 e. The highest BCUT2D eigenvalue weighted by Gasteiger charge is 2.41. The van der Waals surface area contributed by atoms with Gasteiger partial charge in [0.1, 0.15) is 16.1 Å². The summed E-state index contributed by atoms with van der Waals surface area (Å²) in [5.41, 5.74) is 0.627. The second kappa shape index (κ2) is 5.14. The van der Waals surface area contributed by atoms with E-state index in [4.69, 9.17) is 21.7 Å². The topological polar surface area (TPSA) is 47.1 Å². The number of nitrogens with zero attached hydrogens (tertiary/aromatic N) is 1. The molecule has 0 aliphatic heterocycles. The quantitative estimate of drug-likeness (QED) is 0.867. The van der Waals surface area contributed by atoms with Gasteiger partial charge in [-0.2, -0.15) is 0 Å². The van der Waals surface area contributed by atoms with E-state index in [0.717, 1.165) is 35.3 Å². The van der Waals surface area contributed by atoms with Gasteiger partial charge in [-0.05, 0) is 35.2 Å². The average Bonchev–Trinajstić information content (AvgIpc) is 2.24. The van der Waals surface area contributed by atoms with E-state index in [1.165, 1.54) is 0 Å². The van der Waals surface area contributed by atoms with E-state index in [1.807, 2.05) is 0 Å². The zero-order chi connectivity index (χ0) is 12.5. The maximum absolute atomic E-state index is 5.59. The molecule has 1 aromatic rings. The molecule has 0 radical (unpaired) electrons. The van der Waals surface area contributed by atoms with Crippen molar-refractivity contribution >= 4 is 28.1 Å². The van der Waals surface area contributed by atoms with Crippen LogP contribution >= 0.6 is 28.1 Å². The van der Waals surface area contributed by atoms with Crippen molar-refractivity contribution in [3.8, 4) is 0 Å². The Kier molecular flexibility index (Phi) is 3.97. The Labute approximate surface area is 114 Å². The van der Waals surface area contributed by atoms with Crippen LogP contribution in [0.5, 0.6) is 0 Å². The Morgan fingerprint density at radius 3 is 2.65 bits per heavy atom. The van der Waals surface area contributed by atoms with Crippen LogP contribution in [0.25, 0.3) is 0 Å². The number of aromatic nitrogens is 2. The molecule has 0 unspecified atom stereocenters. The summed E-state index contributed by atoms with van der Waals surface area (Å²) >= 11 is 8.67. The van der Waals surface area contributed by atoms with Gasteiger partial charge in [0.15, 0.2) is 0 Å². The molecule has 94 valence electrons. The number of hydrogen-bond donors (Lipinski definition) is 1. The number of aromatic amines is 1. The third kappa shape index (κ3) is 2.31. The minimum Gasteiger partial charge on any atom is -0.378 e. The van der Waals surface area contributed by atoms with Crippen LogP contribution in [0, 0.1) is 4.64 Å². The lowest BCUT2D eigenvalue weighted by Crippen LogP contribution is -2.38. The van der Waals surface area contributed by atoms with Crippen molar-refractivity contribution < 1.29 is 9.47 Å². The van der Waals surface area contributed by atoms with Crippen molar-refractivity contribution in [2.45, 2.75) is 31.5 Å². The van der Waals surface area contributed by atoms with Crippen molar-refractivity contribution in [1.82, 2.24) is 9.97 Å². The molecule has 2 rings (SSSR count). The highest BCUT2D eigenvalue weighted by atomic mass is 79.9. The lowest BCUT2D eigenvalue weighted by molar-refractivity contribution is -0.0850. The summed E-state index contributed by atoms with van der Waals surface area (Å²) < 4.78 is 12.1. The Hall–Kier alpha value is -0.300. The van der Waals surface area contributed by atoms with Crippen LogP contribution in [0.1, 0.15) is 30.8 Å². The van der Waals surface area contributed by atoms with Gasteiger partial charge < -0.3 is 14.5 Å². The first kappa shape index (κ1) is 13.1. The van der Waals surface area contributed by atoms with E-state index >= 15 is 0 Å². The second-order valence-corrected chi connectivity index (χ2v) is 5.35. The summed E-state index contributed by atoms with van der Waals surface area (Å²) in [5.74, 6) is 0.812. The monoisotopic (exact) mass is 318 g/mol. The maximum atomic E-state index is 5.59. The van der Waals surface area contributed by atoms with Gasteiger partial charge in [0.05, 0.1) is 16.8 Å². The molecule has 1 N–H and O–H groups in total. The van der Waals surface area contributed by atoms with E-state index in [1.54, 1.807) is 14.2 Å². The van der Waals surface area contributed by atoms with Gasteiger partial charge in [-0.3, -0.25) is 0 Å². The molecule has 0 bridgehead atoms. The SMILES string of the molecule is COCc1[nH]c(C2(OC)CCC2)nc(=S)c1Br. The third-order valence-electron chi connectivity index (χ3n) is 3.21. The molecule has 0 aromatic carbocycles. The molecule has 0 atom stereocenters. The molecule has 6 heteroatoms. The fraction of sp³-hybridized carbons (Fsp3) is 0.636. The fourth-order valence-electron chi connectivity index (χ4n) is 2.00. The summed E-state index contributed by atoms with van der Waals surface area (Å²) in [6.45, 7) is 0.472. The van der Waals surface area contributed by atoms with Gasteiger partial charge in [0, 0.05) is 14.2 Å². The standard InChI is InChI=1S/C11H15BrN2O2S/c1-15-6-7-8(12)9(17)14-10(13-7)11(16-2)4-3-5-11/h3-6H2,1-2H3,(H,13,14,17). The largest absolute Gasteiger partial charge is 0.378 e. The predicted octanol–water partition coefficient (Wildman–Crippen LogP) is 3.07. The lowest BCUT2D eigenvalue weighted by atomic mass is 9.79. The van der Waals surface area contributed by atoms with Gasteiger partial charge >= 0.3 is 0 Å². The Morgan fingerprint density at radius 2 is 2.18 bits per heavy atom. The number of H-pyrrole nitrogens is 1. The molecule has 1 fully saturated rings. The molecule has 1 aromatic heterocycles. The highest BCUT2D eigenvalue weighted by Crippen LogP contribution is 2.42. The number of ether oxygens (including phenoxy) is 2. The summed E-state index contributed by atoms with van der Waals surface area (Å²) in [6.07, 6.45) is 3.12. The van der Waals surface area contributed by atoms with Crippen LogP contribution in [0.15, 0.2) is 4.47 Å². The highest BCUT2D eigenvalue weighted by molar-refractivity contribution is 9.10. The molecule has 1 aliphatic rings. The van der Waals surface area contributed by atoms with Crippen LogP contribution < -0.4 is 0 Å². The Bertz CT molecular complexity index is 466. The summed E-state index contributed by atoms with van der Waals surface area (Å²) in [4.78, 5) is 7.69. The number of hydrogen-bond acceptors (Lipinski definition) is 4. The Balaban J connectivity index is 2.45. The average molecular weight is 319 g/mol. The first-order valence-electron chi connectivity index (χ1n) is 5.46. The number of halogens is 1. The molecule has 1 saturated carbocycles. The zero-order valence-corrected chi connectivity index (χ0v) is 12.3. The van der Waals surface area contributed by atoms with Crippen LogP contribution in [0.4, 0.5) is 0 Å². The van der Waals surface area contributed by atoms with E-state index in [-0.39, 0.29) is 5.60 Å². The number of methoxy groups -OCH3 is 2.